The Morgan fingerprint density at radius 3 is 2.42 bits per heavy atom. The number of fused-ring (bicyclic) bond motifs is 1. The van der Waals surface area contributed by atoms with Gasteiger partial charge in [0.05, 0.1) is 0 Å². The summed E-state index contributed by atoms with van der Waals surface area (Å²) in [6.07, 6.45) is 4.95. The lowest BCUT2D eigenvalue weighted by atomic mass is 10.2. The quantitative estimate of drug-likeness (QED) is 0.587. The van der Waals surface area contributed by atoms with E-state index in [1.807, 2.05) is 30.3 Å². The summed E-state index contributed by atoms with van der Waals surface area (Å²) in [5.74, 6) is 6.11. The summed E-state index contributed by atoms with van der Waals surface area (Å²) in [6.45, 7) is 0. The normalized spacial score (nSPS) is 9.95. The molecule has 0 radical (unpaired) electrons. The first-order valence-corrected chi connectivity index (χ1v) is 6.03. The number of rotatable bonds is 0. The van der Waals surface area contributed by atoms with E-state index in [-0.39, 0.29) is 0 Å². The first-order chi connectivity index (χ1) is 9.31. The summed E-state index contributed by atoms with van der Waals surface area (Å²) >= 11 is 5.82. The molecular formula is C15H8ClN3. The summed E-state index contributed by atoms with van der Waals surface area (Å²) < 4.78 is 0. The van der Waals surface area contributed by atoms with E-state index < -0.39 is 0 Å². The molecule has 3 rings (SSSR count). The second-order valence-electron chi connectivity index (χ2n) is 3.88. The molecule has 0 saturated carbocycles. The predicted molar refractivity (Wildman–Crippen MR) is 74.8 cm³/mol. The highest BCUT2D eigenvalue weighted by molar-refractivity contribution is 6.30. The van der Waals surface area contributed by atoms with Gasteiger partial charge < -0.3 is 0 Å². The van der Waals surface area contributed by atoms with Crippen molar-refractivity contribution in [2.75, 3.05) is 0 Å². The fourth-order valence-electron chi connectivity index (χ4n) is 1.60. The van der Waals surface area contributed by atoms with Crippen LogP contribution in [-0.2, 0) is 0 Å². The van der Waals surface area contributed by atoms with E-state index >= 15 is 0 Å². The van der Waals surface area contributed by atoms with E-state index in [0.29, 0.717) is 10.7 Å². The van der Waals surface area contributed by atoms with Gasteiger partial charge in [0.1, 0.15) is 5.52 Å². The smallest absolute Gasteiger partial charge is 0.178 e. The van der Waals surface area contributed by atoms with Gasteiger partial charge in [-0.3, -0.25) is 4.98 Å². The molecule has 0 aliphatic heterocycles. The van der Waals surface area contributed by atoms with Crippen molar-refractivity contribution in [1.82, 2.24) is 15.0 Å². The number of aromatic nitrogens is 3. The summed E-state index contributed by atoms with van der Waals surface area (Å²) in [5.41, 5.74) is 3.08. The van der Waals surface area contributed by atoms with Gasteiger partial charge >= 0.3 is 0 Å². The maximum absolute atomic E-state index is 5.82. The van der Waals surface area contributed by atoms with Crippen molar-refractivity contribution in [2.24, 2.45) is 0 Å². The molecular weight excluding hydrogens is 258 g/mol. The van der Waals surface area contributed by atoms with Crippen molar-refractivity contribution >= 4 is 22.8 Å². The molecule has 0 fully saturated rings. The van der Waals surface area contributed by atoms with Crippen molar-refractivity contribution < 1.29 is 0 Å². The van der Waals surface area contributed by atoms with E-state index in [9.17, 15) is 0 Å². The number of pyridine rings is 1. The van der Waals surface area contributed by atoms with Crippen LogP contribution >= 0.6 is 11.6 Å². The van der Waals surface area contributed by atoms with Gasteiger partial charge in [0.25, 0.3) is 0 Å². The molecule has 4 heteroatoms. The van der Waals surface area contributed by atoms with E-state index in [1.165, 1.54) is 0 Å². The lowest BCUT2D eigenvalue weighted by Gasteiger charge is -1.95. The molecule has 2 aromatic heterocycles. The number of halogens is 1. The summed E-state index contributed by atoms with van der Waals surface area (Å²) in [7, 11) is 0. The SMILES string of the molecule is Clc1ccc(C#Cc2cnc3nccnc3c2)cc1. The van der Waals surface area contributed by atoms with Gasteiger partial charge in [-0.05, 0) is 30.3 Å². The second kappa shape index (κ2) is 5.05. The first-order valence-electron chi connectivity index (χ1n) is 5.66. The summed E-state index contributed by atoms with van der Waals surface area (Å²) in [4.78, 5) is 12.5. The Labute approximate surface area is 115 Å². The minimum Gasteiger partial charge on any atom is -0.251 e. The van der Waals surface area contributed by atoms with Gasteiger partial charge in [-0.2, -0.15) is 0 Å². The highest BCUT2D eigenvalue weighted by Crippen LogP contribution is 2.09. The van der Waals surface area contributed by atoms with Crippen LogP contribution in [0.15, 0.2) is 48.9 Å². The van der Waals surface area contributed by atoms with Crippen molar-refractivity contribution in [3.8, 4) is 11.8 Å². The number of hydrogen-bond acceptors (Lipinski definition) is 3. The number of hydrogen-bond donors (Lipinski definition) is 0. The third kappa shape index (κ3) is 2.70. The van der Waals surface area contributed by atoms with Crippen LogP contribution in [0.1, 0.15) is 11.1 Å². The maximum atomic E-state index is 5.82. The predicted octanol–water partition coefficient (Wildman–Crippen LogP) is 3.08. The van der Waals surface area contributed by atoms with E-state index in [0.717, 1.165) is 16.6 Å². The number of benzene rings is 1. The average Bonchev–Trinajstić information content (AvgIpc) is 2.46. The van der Waals surface area contributed by atoms with Crippen molar-refractivity contribution in [1.29, 1.82) is 0 Å². The van der Waals surface area contributed by atoms with E-state index in [4.69, 9.17) is 11.6 Å². The highest BCUT2D eigenvalue weighted by Gasteiger charge is 1.96. The molecule has 1 aromatic carbocycles. The molecule has 3 aromatic rings. The van der Waals surface area contributed by atoms with Gasteiger partial charge in [0.2, 0.25) is 0 Å². The molecule has 0 amide bonds. The molecule has 3 nitrogen and oxygen atoms in total. The van der Waals surface area contributed by atoms with Crippen molar-refractivity contribution in [3.05, 3.63) is 65.1 Å². The third-order valence-electron chi connectivity index (χ3n) is 2.52. The van der Waals surface area contributed by atoms with Crippen LogP contribution in [-0.4, -0.2) is 15.0 Å². The van der Waals surface area contributed by atoms with Gasteiger partial charge in [0.15, 0.2) is 5.65 Å². The molecule has 19 heavy (non-hydrogen) atoms. The first kappa shape index (κ1) is 11.6. The third-order valence-corrected chi connectivity index (χ3v) is 2.77. The Balaban J connectivity index is 1.95. The van der Waals surface area contributed by atoms with Gasteiger partial charge in [-0.15, -0.1) is 0 Å². The number of nitrogens with zero attached hydrogens (tertiary/aromatic N) is 3. The fourth-order valence-corrected chi connectivity index (χ4v) is 1.73. The molecule has 0 N–H and O–H groups in total. The van der Waals surface area contributed by atoms with E-state index in [2.05, 4.69) is 26.8 Å². The highest BCUT2D eigenvalue weighted by atomic mass is 35.5. The maximum Gasteiger partial charge on any atom is 0.178 e. The molecule has 2 heterocycles. The zero-order chi connectivity index (χ0) is 13.1. The summed E-state index contributed by atoms with van der Waals surface area (Å²) in [6, 6.07) is 9.26. The molecule has 0 aliphatic carbocycles. The topological polar surface area (TPSA) is 38.7 Å². The van der Waals surface area contributed by atoms with Crippen LogP contribution in [0.5, 0.6) is 0 Å². The zero-order valence-corrected chi connectivity index (χ0v) is 10.6. The van der Waals surface area contributed by atoms with Gasteiger partial charge in [-0.25, -0.2) is 9.97 Å². The van der Waals surface area contributed by atoms with Crippen molar-refractivity contribution in [2.45, 2.75) is 0 Å². The summed E-state index contributed by atoms with van der Waals surface area (Å²) in [5, 5.41) is 0.702. The second-order valence-corrected chi connectivity index (χ2v) is 4.32. The minimum absolute atomic E-state index is 0.625. The lowest BCUT2D eigenvalue weighted by Crippen LogP contribution is -1.87. The standard InChI is InChI=1S/C15H8ClN3/c16-13-5-3-11(4-6-13)1-2-12-9-14-15(19-10-12)18-8-7-17-14/h3-10H. The van der Waals surface area contributed by atoms with Crippen LogP contribution in [0, 0.1) is 11.8 Å². The molecule has 0 spiro atoms. The minimum atomic E-state index is 0.625. The van der Waals surface area contributed by atoms with Gasteiger partial charge in [0, 0.05) is 34.7 Å². The molecule has 0 atom stereocenters. The molecule has 0 saturated heterocycles. The fraction of sp³-hybridized carbons (Fsp3) is 0. The van der Waals surface area contributed by atoms with Crippen LogP contribution in [0.3, 0.4) is 0 Å². The molecule has 90 valence electrons. The molecule has 0 bridgehead atoms. The Morgan fingerprint density at radius 2 is 1.58 bits per heavy atom. The Morgan fingerprint density at radius 1 is 0.842 bits per heavy atom. The molecule has 0 unspecified atom stereocenters. The van der Waals surface area contributed by atoms with E-state index in [1.54, 1.807) is 18.6 Å². The van der Waals surface area contributed by atoms with Crippen LogP contribution in [0.25, 0.3) is 11.2 Å². The van der Waals surface area contributed by atoms with Gasteiger partial charge in [-0.1, -0.05) is 23.4 Å². The monoisotopic (exact) mass is 265 g/mol. The lowest BCUT2D eigenvalue weighted by molar-refractivity contribution is 1.22. The Bertz CT molecular complexity index is 786. The zero-order valence-electron chi connectivity index (χ0n) is 9.84. The van der Waals surface area contributed by atoms with Crippen LogP contribution in [0.2, 0.25) is 5.02 Å². The molecule has 0 aliphatic rings. The average molecular weight is 266 g/mol. The van der Waals surface area contributed by atoms with Crippen LogP contribution < -0.4 is 0 Å². The van der Waals surface area contributed by atoms with Crippen molar-refractivity contribution in [3.63, 3.8) is 0 Å². The Hall–Kier alpha value is -2.44. The largest absolute Gasteiger partial charge is 0.251 e. The van der Waals surface area contributed by atoms with Crippen LogP contribution in [0.4, 0.5) is 0 Å². The Kier molecular flexibility index (Phi) is 3.09.